The SMILES string of the molecule is O=C(O)N(c1cccc(F)c1)c1ccc(O)cc1CC1C2CCC1CN(Cc1ccccc1)C2. The van der Waals surface area contributed by atoms with Gasteiger partial charge in [-0.2, -0.15) is 0 Å². The van der Waals surface area contributed by atoms with Crippen LogP contribution < -0.4 is 4.90 Å². The zero-order valence-electron chi connectivity index (χ0n) is 19.0. The zero-order chi connectivity index (χ0) is 23.7. The first-order valence-electron chi connectivity index (χ1n) is 11.8. The van der Waals surface area contributed by atoms with Crippen molar-refractivity contribution in [2.75, 3.05) is 18.0 Å². The van der Waals surface area contributed by atoms with Crippen LogP contribution in [-0.2, 0) is 13.0 Å². The monoisotopic (exact) mass is 460 g/mol. The number of aromatic hydroxyl groups is 1. The van der Waals surface area contributed by atoms with Gasteiger partial charge in [-0.1, -0.05) is 36.4 Å². The van der Waals surface area contributed by atoms with Gasteiger partial charge < -0.3 is 10.2 Å². The molecule has 176 valence electrons. The van der Waals surface area contributed by atoms with Crippen molar-refractivity contribution in [2.24, 2.45) is 17.8 Å². The number of carboxylic acid groups (broad SMARTS) is 1. The van der Waals surface area contributed by atoms with Crippen molar-refractivity contribution in [3.63, 3.8) is 0 Å². The van der Waals surface area contributed by atoms with Crippen molar-refractivity contribution in [2.45, 2.75) is 25.8 Å². The van der Waals surface area contributed by atoms with Crippen LogP contribution in [0.3, 0.4) is 0 Å². The van der Waals surface area contributed by atoms with E-state index in [1.54, 1.807) is 18.2 Å². The highest BCUT2D eigenvalue weighted by atomic mass is 19.1. The summed E-state index contributed by atoms with van der Waals surface area (Å²) in [6.45, 7) is 3.00. The van der Waals surface area contributed by atoms with Gasteiger partial charge in [-0.05, 0) is 84.5 Å². The molecule has 3 aromatic rings. The summed E-state index contributed by atoms with van der Waals surface area (Å²) >= 11 is 0. The highest BCUT2D eigenvalue weighted by Crippen LogP contribution is 2.45. The first-order valence-corrected chi connectivity index (χ1v) is 11.8. The number of hydrogen-bond donors (Lipinski definition) is 2. The fourth-order valence-corrected chi connectivity index (χ4v) is 5.91. The number of halogens is 1. The lowest BCUT2D eigenvalue weighted by Crippen LogP contribution is -2.42. The third-order valence-corrected chi connectivity index (χ3v) is 7.37. The van der Waals surface area contributed by atoms with E-state index in [0.29, 0.717) is 29.9 Å². The highest BCUT2D eigenvalue weighted by Gasteiger charge is 2.42. The quantitative estimate of drug-likeness (QED) is 0.470. The minimum atomic E-state index is -1.18. The van der Waals surface area contributed by atoms with Crippen molar-refractivity contribution in [3.8, 4) is 5.75 Å². The van der Waals surface area contributed by atoms with Crippen LogP contribution in [0.4, 0.5) is 20.6 Å². The first kappa shape index (κ1) is 22.4. The number of phenols is 1. The minimum Gasteiger partial charge on any atom is -0.508 e. The molecular weight excluding hydrogens is 431 g/mol. The Bertz CT molecular complexity index is 1160. The van der Waals surface area contributed by atoms with Crippen molar-refractivity contribution >= 4 is 17.5 Å². The Kier molecular flexibility index (Phi) is 6.24. The van der Waals surface area contributed by atoms with E-state index < -0.39 is 11.9 Å². The smallest absolute Gasteiger partial charge is 0.416 e. The predicted octanol–water partition coefficient (Wildman–Crippen LogP) is 6.05. The van der Waals surface area contributed by atoms with Gasteiger partial charge >= 0.3 is 6.09 Å². The van der Waals surface area contributed by atoms with Crippen LogP contribution in [0.15, 0.2) is 72.8 Å². The Hall–Kier alpha value is -3.38. The molecule has 6 heteroatoms. The average molecular weight is 461 g/mol. The van der Waals surface area contributed by atoms with Crippen LogP contribution in [0.5, 0.6) is 5.75 Å². The molecule has 5 rings (SSSR count). The van der Waals surface area contributed by atoms with Crippen LogP contribution >= 0.6 is 0 Å². The second-order valence-electron chi connectivity index (χ2n) is 9.56. The molecule has 5 nitrogen and oxygen atoms in total. The minimum absolute atomic E-state index is 0.109. The van der Waals surface area contributed by atoms with Gasteiger partial charge in [-0.3, -0.25) is 4.90 Å². The average Bonchev–Trinajstić information content (AvgIpc) is 3.03. The van der Waals surface area contributed by atoms with Gasteiger partial charge in [0.05, 0.1) is 11.4 Å². The number of phenolic OH excluding ortho intramolecular Hbond substituents is 1. The standard InChI is InChI=1S/C28H29FN2O3/c29-23-7-4-8-24(15-23)31(28(33)34)27-12-11-25(32)13-22(27)14-26-20-9-10-21(26)18-30(17-20)16-19-5-2-1-3-6-19/h1-8,11-13,15,20-21,26,32H,9-10,14,16-18H2,(H,33,34). The van der Waals surface area contributed by atoms with E-state index in [-0.39, 0.29) is 11.4 Å². The summed E-state index contributed by atoms with van der Waals surface area (Å²) in [7, 11) is 0. The van der Waals surface area contributed by atoms with Crippen LogP contribution in [-0.4, -0.2) is 34.3 Å². The second kappa shape index (κ2) is 9.47. The number of carbonyl (C=O) groups is 1. The summed E-state index contributed by atoms with van der Waals surface area (Å²) in [5.74, 6) is 1.11. The van der Waals surface area contributed by atoms with E-state index in [9.17, 15) is 19.4 Å². The van der Waals surface area contributed by atoms with E-state index in [0.717, 1.165) is 30.1 Å². The summed E-state index contributed by atoms with van der Waals surface area (Å²) in [5, 5.41) is 20.2. The van der Waals surface area contributed by atoms with Gasteiger partial charge in [0.2, 0.25) is 0 Å². The Morgan fingerprint density at radius 2 is 1.71 bits per heavy atom. The van der Waals surface area contributed by atoms with E-state index in [4.69, 9.17) is 0 Å². The van der Waals surface area contributed by atoms with Crippen molar-refractivity contribution in [3.05, 3.63) is 89.7 Å². The molecule has 1 heterocycles. The summed E-state index contributed by atoms with van der Waals surface area (Å²) in [6, 6.07) is 20.9. The first-order chi connectivity index (χ1) is 16.5. The highest BCUT2D eigenvalue weighted by molar-refractivity contribution is 5.95. The number of rotatable bonds is 6. The molecule has 2 fully saturated rings. The lowest BCUT2D eigenvalue weighted by atomic mass is 9.80. The maximum Gasteiger partial charge on any atom is 0.416 e. The Morgan fingerprint density at radius 3 is 2.38 bits per heavy atom. The largest absolute Gasteiger partial charge is 0.508 e. The molecule has 1 aliphatic heterocycles. The number of likely N-dealkylation sites (tertiary alicyclic amines) is 1. The molecule has 1 amide bonds. The number of nitrogens with zero attached hydrogens (tertiary/aromatic N) is 2. The molecule has 0 radical (unpaired) electrons. The van der Waals surface area contributed by atoms with Gasteiger partial charge in [0.15, 0.2) is 0 Å². The van der Waals surface area contributed by atoms with Crippen LogP contribution in [0.2, 0.25) is 0 Å². The zero-order valence-corrected chi connectivity index (χ0v) is 19.0. The normalized spacial score (nSPS) is 22.0. The van der Waals surface area contributed by atoms with E-state index in [1.165, 1.54) is 42.7 Å². The molecule has 2 bridgehead atoms. The van der Waals surface area contributed by atoms with Gasteiger partial charge in [0, 0.05) is 19.6 Å². The summed E-state index contributed by atoms with van der Waals surface area (Å²) in [6.07, 6.45) is 1.85. The fraction of sp³-hybridized carbons (Fsp3) is 0.321. The Labute approximate surface area is 199 Å². The molecule has 1 saturated carbocycles. The lowest BCUT2D eigenvalue weighted by molar-refractivity contribution is 0.103. The maximum atomic E-state index is 13.9. The summed E-state index contributed by atoms with van der Waals surface area (Å²) in [5.41, 5.74) is 2.83. The molecule has 0 aromatic heterocycles. The summed E-state index contributed by atoms with van der Waals surface area (Å²) in [4.78, 5) is 15.9. The number of amides is 1. The maximum absolute atomic E-state index is 13.9. The number of fused-ring (bicyclic) bond motifs is 2. The third kappa shape index (κ3) is 4.64. The molecule has 1 aliphatic carbocycles. The van der Waals surface area contributed by atoms with Crippen molar-refractivity contribution in [1.82, 2.24) is 4.90 Å². The van der Waals surface area contributed by atoms with Crippen LogP contribution in [0.1, 0.15) is 24.0 Å². The number of hydrogen-bond acceptors (Lipinski definition) is 3. The van der Waals surface area contributed by atoms with Crippen LogP contribution in [0, 0.1) is 23.6 Å². The molecule has 0 spiro atoms. The third-order valence-electron chi connectivity index (χ3n) is 7.37. The Balaban J connectivity index is 1.39. The van der Waals surface area contributed by atoms with E-state index in [2.05, 4.69) is 29.2 Å². The van der Waals surface area contributed by atoms with Crippen molar-refractivity contribution < 1.29 is 19.4 Å². The number of anilines is 2. The molecule has 34 heavy (non-hydrogen) atoms. The van der Waals surface area contributed by atoms with E-state index in [1.807, 2.05) is 6.07 Å². The number of piperidine rings is 1. The predicted molar refractivity (Wildman–Crippen MR) is 130 cm³/mol. The molecule has 2 N–H and O–H groups in total. The van der Waals surface area contributed by atoms with Crippen molar-refractivity contribution in [1.29, 1.82) is 0 Å². The molecular formula is C28H29FN2O3. The molecule has 2 unspecified atom stereocenters. The summed E-state index contributed by atoms with van der Waals surface area (Å²) < 4.78 is 13.9. The second-order valence-corrected chi connectivity index (χ2v) is 9.56. The molecule has 2 atom stereocenters. The van der Waals surface area contributed by atoms with Gasteiger partial charge in [0.1, 0.15) is 11.6 Å². The molecule has 3 aromatic carbocycles. The number of benzene rings is 3. The molecule has 2 aliphatic rings. The topological polar surface area (TPSA) is 64.0 Å². The van der Waals surface area contributed by atoms with Gasteiger partial charge in [-0.25, -0.2) is 14.1 Å². The fourth-order valence-electron chi connectivity index (χ4n) is 5.91. The van der Waals surface area contributed by atoms with Gasteiger partial charge in [0.25, 0.3) is 0 Å². The van der Waals surface area contributed by atoms with E-state index >= 15 is 0 Å². The van der Waals surface area contributed by atoms with Gasteiger partial charge in [-0.15, -0.1) is 0 Å². The lowest BCUT2D eigenvalue weighted by Gasteiger charge is -2.38. The Morgan fingerprint density at radius 1 is 0.971 bits per heavy atom. The van der Waals surface area contributed by atoms with Crippen LogP contribution in [0.25, 0.3) is 0 Å². The molecule has 1 saturated heterocycles.